The molecule has 0 N–H and O–H groups in total. The summed E-state index contributed by atoms with van der Waals surface area (Å²) >= 11 is 0. The molecule has 0 saturated carbocycles. The molecule has 3 heteroatoms. The van der Waals surface area contributed by atoms with Crippen molar-refractivity contribution in [2.45, 2.75) is 63.2 Å². The SMILES string of the molecule is Cc1cc(-c2ccccc2)ccc1N(c1ccc2c(c1)C(C)(C)c1ccccc1-2)c1cccc2c1-c1ccccc1C21c2ccccc2-c2ccccc21.Cc1ccc(N(c2ccc(-c3ccccc3C)c(C)c2)c2cccc3c2-c2ccccc2C32c3ccccc3-c3ccccc32)cc1.c1ccc(-c2ccc(N(c3ccccc3)c3cccc4c3-c3ccccc3C43c4ccccc4-c4ccccc43)cc2)cc1. The lowest BCUT2D eigenvalue weighted by atomic mass is 9.70. The molecule has 0 saturated heterocycles. The Kier molecular flexibility index (Phi) is 20.3. The van der Waals surface area contributed by atoms with Gasteiger partial charge in [0.05, 0.1) is 33.3 Å². The number of para-hydroxylation sites is 1. The molecular formula is C142H103N3. The zero-order valence-electron chi connectivity index (χ0n) is 81.9. The molecule has 0 unspecified atom stereocenters. The molecule has 0 amide bonds. The quantitative estimate of drug-likeness (QED) is 0.121. The predicted octanol–water partition coefficient (Wildman–Crippen LogP) is 37.0. The second kappa shape index (κ2) is 34.0. The third-order valence-corrected chi connectivity index (χ3v) is 32.5. The maximum atomic E-state index is 2.55. The first kappa shape index (κ1) is 86.4. The second-order valence-corrected chi connectivity index (χ2v) is 40.4. The summed E-state index contributed by atoms with van der Waals surface area (Å²) < 4.78 is 0. The smallest absolute Gasteiger partial charge is 0.0726 e. The van der Waals surface area contributed by atoms with Crippen LogP contribution in [0.2, 0.25) is 0 Å². The number of hydrogen-bond acceptors (Lipinski definition) is 3. The van der Waals surface area contributed by atoms with Crippen LogP contribution < -0.4 is 14.7 Å². The number of hydrogen-bond donors (Lipinski definition) is 0. The molecule has 3 spiro atoms. The van der Waals surface area contributed by atoms with Gasteiger partial charge < -0.3 is 14.7 Å². The summed E-state index contributed by atoms with van der Waals surface area (Å²) in [6.07, 6.45) is 0. The lowest BCUT2D eigenvalue weighted by Gasteiger charge is -2.33. The van der Waals surface area contributed by atoms with E-state index in [1.807, 2.05) is 0 Å². The number of nitrogens with zero attached hydrogens (tertiary/aromatic N) is 3. The van der Waals surface area contributed by atoms with Crippen LogP contribution in [0.1, 0.15) is 114 Å². The lowest BCUT2D eigenvalue weighted by Crippen LogP contribution is -2.26. The van der Waals surface area contributed by atoms with Crippen LogP contribution in [0.25, 0.3) is 111 Å². The molecule has 22 aromatic rings. The number of fused-ring (bicyclic) bond motifs is 33. The molecule has 22 aromatic carbocycles. The highest BCUT2D eigenvalue weighted by molar-refractivity contribution is 6.06. The van der Waals surface area contributed by atoms with Gasteiger partial charge in [-0.2, -0.15) is 0 Å². The molecule has 7 aliphatic carbocycles. The summed E-state index contributed by atoms with van der Waals surface area (Å²) in [5, 5.41) is 0. The van der Waals surface area contributed by atoms with Crippen LogP contribution >= 0.6 is 0 Å². The topological polar surface area (TPSA) is 9.72 Å². The van der Waals surface area contributed by atoms with E-state index in [1.165, 1.54) is 240 Å². The van der Waals surface area contributed by atoms with Crippen molar-refractivity contribution in [1.29, 1.82) is 0 Å². The van der Waals surface area contributed by atoms with E-state index in [9.17, 15) is 0 Å². The molecule has 7 aliphatic rings. The number of anilines is 9. The van der Waals surface area contributed by atoms with Crippen molar-refractivity contribution in [3.8, 4) is 111 Å². The Morgan fingerprint density at radius 2 is 0.414 bits per heavy atom. The third-order valence-electron chi connectivity index (χ3n) is 32.5. The standard InChI is InChI=1S/C53H39N.C46H35N.C43H29N/c1-34-32-36(35-16-5-4-6-17-35)28-31-49(34)54(37-29-30-41-38-18-7-11-22-43(38)52(2,3)48(41)33-37)50-27-15-26-47-51(50)42-21-10-14-25-46(42)53(47)44-23-12-8-19-39(44)40-20-9-13-24-45(40)53;1-30-23-25-33(26-24-30)47(34-27-28-36(32(3)29-34)35-14-5-4-13-31(35)2)44-22-12-21-43-45(44)39-17-8-11-20-42(39)46(43)40-18-9-6-15-37(40)38-16-7-10-19-41(38)46;1-3-14-30(15-4-1)31-26-28-33(29-27-31)44(32-16-5-2-6-17-32)41-25-13-24-40-42(41)36-20-9-12-23-39(36)43(40)37-21-10-7-18-34(37)35-19-8-11-22-38(35)43/h4-33H,1-3H3;4-29H,1-3H3;1-29H. The molecule has 0 atom stereocenters. The minimum Gasteiger partial charge on any atom is -0.310 e. The van der Waals surface area contributed by atoms with E-state index in [0.717, 1.165) is 22.7 Å². The van der Waals surface area contributed by atoms with Crippen LogP contribution in [-0.2, 0) is 21.7 Å². The van der Waals surface area contributed by atoms with E-state index in [1.54, 1.807) is 0 Å². The highest BCUT2D eigenvalue weighted by atomic mass is 15.2. The van der Waals surface area contributed by atoms with Crippen LogP contribution in [-0.4, -0.2) is 0 Å². The van der Waals surface area contributed by atoms with Gasteiger partial charge in [0.15, 0.2) is 0 Å². The van der Waals surface area contributed by atoms with Crippen molar-refractivity contribution in [2.75, 3.05) is 14.7 Å². The first-order valence-corrected chi connectivity index (χ1v) is 50.9. The molecule has 686 valence electrons. The number of benzene rings is 22. The van der Waals surface area contributed by atoms with Gasteiger partial charge in [0.2, 0.25) is 0 Å². The van der Waals surface area contributed by atoms with Crippen molar-refractivity contribution in [3.63, 3.8) is 0 Å². The summed E-state index contributed by atoms with van der Waals surface area (Å²) in [5.41, 5.74) is 59.2. The van der Waals surface area contributed by atoms with Gasteiger partial charge in [-0.05, 0) is 308 Å². The van der Waals surface area contributed by atoms with Crippen LogP contribution in [0.4, 0.5) is 51.2 Å². The summed E-state index contributed by atoms with van der Waals surface area (Å²) in [6, 6.07) is 191. The molecule has 0 aliphatic heterocycles. The van der Waals surface area contributed by atoms with Crippen molar-refractivity contribution in [1.82, 2.24) is 0 Å². The summed E-state index contributed by atoms with van der Waals surface area (Å²) in [5.74, 6) is 0. The van der Waals surface area contributed by atoms with Crippen LogP contribution in [0.5, 0.6) is 0 Å². The molecule has 3 nitrogen and oxygen atoms in total. The van der Waals surface area contributed by atoms with Gasteiger partial charge in [-0.1, -0.05) is 444 Å². The van der Waals surface area contributed by atoms with Crippen LogP contribution in [0.15, 0.2) is 516 Å². The predicted molar refractivity (Wildman–Crippen MR) is 605 cm³/mol. The van der Waals surface area contributed by atoms with Crippen molar-refractivity contribution in [3.05, 3.63) is 616 Å². The summed E-state index contributed by atoms with van der Waals surface area (Å²) in [7, 11) is 0. The monoisotopic (exact) mass is 1850 g/mol. The average Bonchev–Trinajstić information content (AvgIpc) is 1.51. The Labute approximate surface area is 850 Å². The van der Waals surface area contributed by atoms with Gasteiger partial charge in [0.25, 0.3) is 0 Å². The summed E-state index contributed by atoms with van der Waals surface area (Å²) in [6.45, 7) is 13.6. The lowest BCUT2D eigenvalue weighted by molar-refractivity contribution is 0.660. The third kappa shape index (κ3) is 12.9. The normalized spacial score (nSPS) is 13.7. The minimum atomic E-state index is -0.408. The fourth-order valence-corrected chi connectivity index (χ4v) is 26.4. The molecular weight excluding hydrogens is 1750 g/mol. The second-order valence-electron chi connectivity index (χ2n) is 40.4. The number of aryl methyl sites for hydroxylation is 4. The van der Waals surface area contributed by atoms with E-state index in [4.69, 9.17) is 0 Å². The molecule has 0 radical (unpaired) electrons. The van der Waals surface area contributed by atoms with Crippen molar-refractivity contribution < 1.29 is 0 Å². The molecule has 0 heterocycles. The van der Waals surface area contributed by atoms with E-state index >= 15 is 0 Å². The van der Waals surface area contributed by atoms with Gasteiger partial charge in [0, 0.05) is 56.2 Å². The summed E-state index contributed by atoms with van der Waals surface area (Å²) in [4.78, 5) is 7.44. The Balaban J connectivity index is 0.000000109. The van der Waals surface area contributed by atoms with Gasteiger partial charge in [-0.15, -0.1) is 0 Å². The van der Waals surface area contributed by atoms with Crippen molar-refractivity contribution in [2.24, 2.45) is 0 Å². The maximum absolute atomic E-state index is 2.55. The Morgan fingerprint density at radius 3 is 0.814 bits per heavy atom. The fraction of sp³-hybridized carbons (Fsp3) is 0.0704. The Bertz CT molecular complexity index is 8830. The van der Waals surface area contributed by atoms with Crippen molar-refractivity contribution >= 4 is 51.2 Å². The van der Waals surface area contributed by atoms with Gasteiger partial charge in [-0.3, -0.25) is 0 Å². The zero-order chi connectivity index (χ0) is 97.0. The molecule has 29 rings (SSSR count). The largest absolute Gasteiger partial charge is 0.310 e. The Hall–Kier alpha value is -17.8. The van der Waals surface area contributed by atoms with Gasteiger partial charge in [-0.25, -0.2) is 0 Å². The molecule has 145 heavy (non-hydrogen) atoms. The molecule has 0 bridgehead atoms. The van der Waals surface area contributed by atoms with E-state index in [0.29, 0.717) is 0 Å². The highest BCUT2D eigenvalue weighted by Crippen LogP contribution is 2.70. The first-order chi connectivity index (χ1) is 71.4. The molecule has 0 aromatic heterocycles. The Morgan fingerprint density at radius 1 is 0.145 bits per heavy atom. The fourth-order valence-electron chi connectivity index (χ4n) is 26.4. The van der Waals surface area contributed by atoms with Gasteiger partial charge >= 0.3 is 0 Å². The van der Waals surface area contributed by atoms with Crippen LogP contribution in [0.3, 0.4) is 0 Å². The highest BCUT2D eigenvalue weighted by Gasteiger charge is 2.56. The first-order valence-electron chi connectivity index (χ1n) is 50.9. The van der Waals surface area contributed by atoms with E-state index in [-0.39, 0.29) is 16.2 Å². The number of rotatable bonds is 12. The van der Waals surface area contributed by atoms with E-state index in [2.05, 4.69) is 572 Å². The zero-order valence-corrected chi connectivity index (χ0v) is 81.9. The minimum absolute atomic E-state index is 0.119. The van der Waals surface area contributed by atoms with Gasteiger partial charge in [0.1, 0.15) is 0 Å². The average molecular weight is 1850 g/mol. The maximum Gasteiger partial charge on any atom is 0.0726 e. The molecule has 0 fully saturated rings. The van der Waals surface area contributed by atoms with E-state index < -0.39 is 5.41 Å². The van der Waals surface area contributed by atoms with Crippen LogP contribution in [0, 0.1) is 27.7 Å².